The fourth-order valence-electron chi connectivity index (χ4n) is 0.654. The van der Waals surface area contributed by atoms with Crippen LogP contribution in [-0.2, 0) is 0 Å². The van der Waals surface area contributed by atoms with E-state index in [2.05, 4.69) is 4.98 Å². The van der Waals surface area contributed by atoms with Crippen molar-refractivity contribution in [3.05, 3.63) is 21.4 Å². The first-order valence-electron chi connectivity index (χ1n) is 2.68. The molecule has 1 aromatic rings. The number of halogens is 2. The van der Waals surface area contributed by atoms with Crippen LogP contribution in [0, 0.1) is 0 Å². The molecule has 0 bridgehead atoms. The molecule has 0 aliphatic rings. The van der Waals surface area contributed by atoms with Crippen molar-refractivity contribution >= 4 is 35.8 Å². The van der Waals surface area contributed by atoms with E-state index in [0.717, 1.165) is 0 Å². The fraction of sp³-hybridized carbons (Fsp3) is 0. The summed E-state index contributed by atoms with van der Waals surface area (Å²) >= 11 is 11.1. The van der Waals surface area contributed by atoms with Gasteiger partial charge >= 0.3 is 0 Å². The summed E-state index contributed by atoms with van der Waals surface area (Å²) < 4.78 is 0. The fourth-order valence-corrected chi connectivity index (χ4v) is 1.04. The average molecular weight is 192 g/mol. The Morgan fingerprint density at radius 3 is 1.55 bits per heavy atom. The highest BCUT2D eigenvalue weighted by Gasteiger charge is 2.12. The number of aromatic nitrogens is 1. The van der Waals surface area contributed by atoms with Crippen LogP contribution in [0.5, 0.6) is 0 Å². The van der Waals surface area contributed by atoms with Gasteiger partial charge in [0.1, 0.15) is 0 Å². The van der Waals surface area contributed by atoms with Gasteiger partial charge in [0.05, 0.1) is 21.4 Å². The molecule has 5 heteroatoms. The van der Waals surface area contributed by atoms with Crippen LogP contribution in [0.2, 0.25) is 10.0 Å². The van der Waals surface area contributed by atoms with E-state index in [9.17, 15) is 9.59 Å². The van der Waals surface area contributed by atoms with Crippen LogP contribution in [-0.4, -0.2) is 17.6 Å². The molecule has 0 radical (unpaired) electrons. The highest BCUT2D eigenvalue weighted by molar-refractivity contribution is 6.44. The van der Waals surface area contributed by atoms with Crippen LogP contribution in [0.3, 0.4) is 0 Å². The van der Waals surface area contributed by atoms with Crippen molar-refractivity contribution in [3.8, 4) is 0 Å². The zero-order valence-electron chi connectivity index (χ0n) is 5.23. The number of aldehydes is 2. The summed E-state index contributed by atoms with van der Waals surface area (Å²) in [5.74, 6) is 0. The zero-order valence-corrected chi connectivity index (χ0v) is 6.74. The lowest BCUT2D eigenvalue weighted by molar-refractivity contribution is 0.111. The van der Waals surface area contributed by atoms with Crippen LogP contribution in [0.4, 0.5) is 0 Å². The molecule has 58 valence electrons. The van der Waals surface area contributed by atoms with E-state index in [-0.39, 0.29) is 21.4 Å². The van der Waals surface area contributed by atoms with Crippen molar-refractivity contribution in [2.75, 3.05) is 0 Å². The second-order valence-corrected chi connectivity index (χ2v) is 2.57. The van der Waals surface area contributed by atoms with Crippen molar-refractivity contribution in [2.24, 2.45) is 0 Å². The summed E-state index contributed by atoms with van der Waals surface area (Å²) in [6.45, 7) is 0. The number of carbonyl (C=O) groups excluding carboxylic acids is 2. The molecule has 0 atom stereocenters. The summed E-state index contributed by atoms with van der Waals surface area (Å²) in [6.07, 6.45) is 1.00. The normalized spacial score (nSPS) is 9.64. The Balaban J connectivity index is 3.33. The average Bonchev–Trinajstić information content (AvgIpc) is 2.30. The lowest BCUT2D eigenvalue weighted by Crippen LogP contribution is -1.81. The predicted molar refractivity (Wildman–Crippen MR) is 41.6 cm³/mol. The molecule has 0 aliphatic heterocycles. The molecule has 3 nitrogen and oxygen atoms in total. The molecule has 0 spiro atoms. The molecular formula is C6H3Cl2NO2. The molecule has 1 heterocycles. The maximum Gasteiger partial charge on any atom is 0.167 e. The van der Waals surface area contributed by atoms with E-state index >= 15 is 0 Å². The molecule has 0 aliphatic carbocycles. The highest BCUT2D eigenvalue weighted by atomic mass is 35.5. The molecule has 0 amide bonds. The van der Waals surface area contributed by atoms with E-state index in [4.69, 9.17) is 23.2 Å². The van der Waals surface area contributed by atoms with E-state index in [1.807, 2.05) is 0 Å². The van der Waals surface area contributed by atoms with Crippen molar-refractivity contribution in [3.63, 3.8) is 0 Å². The summed E-state index contributed by atoms with van der Waals surface area (Å²) in [7, 11) is 0. The minimum atomic E-state index is 0.0868. The van der Waals surface area contributed by atoms with Crippen LogP contribution in [0.25, 0.3) is 0 Å². The summed E-state index contributed by atoms with van der Waals surface area (Å²) in [5.41, 5.74) is 0.248. The van der Waals surface area contributed by atoms with Gasteiger partial charge in [0, 0.05) is 0 Å². The first kappa shape index (κ1) is 8.30. The number of rotatable bonds is 2. The summed E-state index contributed by atoms with van der Waals surface area (Å²) in [5, 5.41) is 0.174. The van der Waals surface area contributed by atoms with Gasteiger partial charge in [0.15, 0.2) is 12.6 Å². The molecule has 0 saturated heterocycles. The molecule has 11 heavy (non-hydrogen) atoms. The van der Waals surface area contributed by atoms with Gasteiger partial charge in [-0.1, -0.05) is 23.2 Å². The molecular weight excluding hydrogens is 189 g/mol. The number of carbonyl (C=O) groups is 2. The third kappa shape index (κ3) is 1.29. The minimum Gasteiger partial charge on any atom is -0.348 e. The molecule has 1 aromatic heterocycles. The number of nitrogens with one attached hydrogen (secondary N) is 1. The van der Waals surface area contributed by atoms with Gasteiger partial charge in [-0.2, -0.15) is 0 Å². The molecule has 0 aromatic carbocycles. The number of aromatic amines is 1. The molecule has 1 N–H and O–H groups in total. The van der Waals surface area contributed by atoms with Gasteiger partial charge in [-0.15, -0.1) is 0 Å². The monoisotopic (exact) mass is 191 g/mol. The second kappa shape index (κ2) is 3.07. The standard InChI is InChI=1S/C6H3Cl2NO2/c7-5-3(1-10)9-4(2-11)6(5)8/h1-2,9H. The minimum absolute atomic E-state index is 0.0868. The van der Waals surface area contributed by atoms with Crippen LogP contribution < -0.4 is 0 Å². The van der Waals surface area contributed by atoms with Crippen LogP contribution in [0.1, 0.15) is 21.0 Å². The highest BCUT2D eigenvalue weighted by Crippen LogP contribution is 2.27. The Bertz CT molecular complexity index is 277. The molecule has 0 fully saturated rings. The smallest absolute Gasteiger partial charge is 0.167 e. The Kier molecular flexibility index (Phi) is 2.31. The Morgan fingerprint density at radius 1 is 1.00 bits per heavy atom. The van der Waals surface area contributed by atoms with Gasteiger partial charge in [-0.3, -0.25) is 9.59 Å². The maximum absolute atomic E-state index is 10.2. The van der Waals surface area contributed by atoms with Gasteiger partial charge in [-0.05, 0) is 0 Å². The van der Waals surface area contributed by atoms with Gasteiger partial charge < -0.3 is 4.98 Å². The van der Waals surface area contributed by atoms with Crippen molar-refractivity contribution in [1.29, 1.82) is 0 Å². The lowest BCUT2D eigenvalue weighted by Gasteiger charge is -1.81. The quantitative estimate of drug-likeness (QED) is 0.727. The van der Waals surface area contributed by atoms with E-state index in [1.165, 1.54) is 0 Å². The SMILES string of the molecule is O=Cc1[nH]c(C=O)c(Cl)c1Cl. The van der Waals surface area contributed by atoms with E-state index in [0.29, 0.717) is 12.6 Å². The predicted octanol–water partition coefficient (Wildman–Crippen LogP) is 1.95. The van der Waals surface area contributed by atoms with Crippen molar-refractivity contribution < 1.29 is 9.59 Å². The van der Waals surface area contributed by atoms with Gasteiger partial charge in [0.25, 0.3) is 0 Å². The van der Waals surface area contributed by atoms with Crippen molar-refractivity contribution in [2.45, 2.75) is 0 Å². The second-order valence-electron chi connectivity index (χ2n) is 1.82. The topological polar surface area (TPSA) is 49.9 Å². The number of H-pyrrole nitrogens is 1. The Morgan fingerprint density at radius 2 is 1.36 bits per heavy atom. The number of hydrogen-bond acceptors (Lipinski definition) is 2. The molecule has 0 unspecified atom stereocenters. The number of hydrogen-bond donors (Lipinski definition) is 1. The van der Waals surface area contributed by atoms with Gasteiger partial charge in [0.2, 0.25) is 0 Å². The third-order valence-corrected chi connectivity index (χ3v) is 2.05. The molecule has 0 saturated carbocycles. The van der Waals surface area contributed by atoms with Crippen LogP contribution >= 0.6 is 23.2 Å². The summed E-state index contributed by atoms with van der Waals surface area (Å²) in [6, 6.07) is 0. The lowest BCUT2D eigenvalue weighted by atomic mass is 10.4. The first-order valence-corrected chi connectivity index (χ1v) is 3.43. The Labute approximate surface area is 72.3 Å². The first-order chi connectivity index (χ1) is 5.20. The zero-order chi connectivity index (χ0) is 8.43. The van der Waals surface area contributed by atoms with Crippen LogP contribution in [0.15, 0.2) is 0 Å². The van der Waals surface area contributed by atoms with E-state index < -0.39 is 0 Å². The van der Waals surface area contributed by atoms with E-state index in [1.54, 1.807) is 0 Å². The van der Waals surface area contributed by atoms with Crippen molar-refractivity contribution in [1.82, 2.24) is 4.98 Å². The third-order valence-electron chi connectivity index (χ3n) is 1.17. The molecule has 1 rings (SSSR count). The maximum atomic E-state index is 10.2. The Hall–Kier alpha value is -0.800. The summed E-state index contributed by atoms with van der Waals surface area (Å²) in [4.78, 5) is 22.9. The van der Waals surface area contributed by atoms with Gasteiger partial charge in [-0.25, -0.2) is 0 Å². The largest absolute Gasteiger partial charge is 0.348 e.